The molecular weight excluding hydrogens is 226 g/mol. The number of ether oxygens (including phenoxy) is 2. The number of hydrogen-bond donors (Lipinski definition) is 0. The molecular formula is C15H15NO2. The van der Waals surface area contributed by atoms with Crippen LogP contribution >= 0.6 is 0 Å². The summed E-state index contributed by atoms with van der Waals surface area (Å²) in [4.78, 5) is 0. The molecule has 0 aromatic heterocycles. The fourth-order valence-corrected chi connectivity index (χ4v) is 3.15. The number of aryl methyl sites for hydroxylation is 3. The van der Waals surface area contributed by atoms with Crippen molar-refractivity contribution in [2.24, 2.45) is 5.92 Å². The molecule has 1 saturated heterocycles. The normalized spacial score (nSPS) is 32.3. The average Bonchev–Trinajstić information content (AvgIpc) is 2.66. The summed E-state index contributed by atoms with van der Waals surface area (Å²) in [5.41, 5.74) is 3.53. The molecule has 0 aliphatic carbocycles. The smallest absolute Gasteiger partial charge is 0.211 e. The van der Waals surface area contributed by atoms with E-state index in [1.54, 1.807) is 6.26 Å². The average molecular weight is 241 g/mol. The topological polar surface area (TPSA) is 42.2 Å². The first-order chi connectivity index (χ1) is 8.58. The molecule has 0 N–H and O–H groups in total. The third-order valence-corrected chi connectivity index (χ3v) is 3.78. The van der Waals surface area contributed by atoms with Crippen molar-refractivity contribution in [2.75, 3.05) is 0 Å². The molecule has 18 heavy (non-hydrogen) atoms. The highest BCUT2D eigenvalue weighted by molar-refractivity contribution is 5.47. The predicted molar refractivity (Wildman–Crippen MR) is 66.5 cm³/mol. The zero-order chi connectivity index (χ0) is 12.9. The lowest BCUT2D eigenvalue weighted by Gasteiger charge is -2.46. The molecule has 1 fully saturated rings. The molecule has 3 rings (SSSR count). The number of nitrogens with zero attached hydrogens (tertiary/aromatic N) is 1. The van der Waals surface area contributed by atoms with E-state index in [9.17, 15) is 5.26 Å². The molecule has 0 bridgehead atoms. The molecule has 3 heteroatoms. The summed E-state index contributed by atoms with van der Waals surface area (Å²) in [5.74, 6) is 0.00241. The Kier molecular flexibility index (Phi) is 2.26. The number of fused-ring (bicyclic) bond motifs is 1. The minimum absolute atomic E-state index is 0.00241. The van der Waals surface area contributed by atoms with Crippen molar-refractivity contribution in [3.8, 4) is 6.07 Å². The van der Waals surface area contributed by atoms with Gasteiger partial charge in [-0.1, -0.05) is 17.7 Å². The van der Waals surface area contributed by atoms with Crippen LogP contribution in [0.4, 0.5) is 0 Å². The first-order valence-corrected chi connectivity index (χ1v) is 6.08. The van der Waals surface area contributed by atoms with E-state index in [0.29, 0.717) is 0 Å². The van der Waals surface area contributed by atoms with Crippen LogP contribution in [-0.4, -0.2) is 6.29 Å². The molecule has 0 amide bonds. The molecule has 92 valence electrons. The molecule has 0 radical (unpaired) electrons. The van der Waals surface area contributed by atoms with Crippen molar-refractivity contribution in [1.29, 1.82) is 5.26 Å². The van der Waals surface area contributed by atoms with Gasteiger partial charge in [-0.2, -0.15) is 5.26 Å². The van der Waals surface area contributed by atoms with E-state index in [-0.39, 0.29) is 12.2 Å². The highest BCUT2D eigenvalue weighted by Crippen LogP contribution is 2.52. The summed E-state index contributed by atoms with van der Waals surface area (Å²) in [6.45, 7) is 6.13. The number of benzene rings is 1. The number of hydrogen-bond acceptors (Lipinski definition) is 3. The Labute approximate surface area is 107 Å². The van der Waals surface area contributed by atoms with E-state index in [4.69, 9.17) is 9.47 Å². The van der Waals surface area contributed by atoms with Gasteiger partial charge in [0.05, 0.1) is 12.2 Å². The molecule has 2 heterocycles. The van der Waals surface area contributed by atoms with E-state index >= 15 is 0 Å². The van der Waals surface area contributed by atoms with E-state index in [0.717, 1.165) is 16.7 Å². The Morgan fingerprint density at radius 2 is 1.89 bits per heavy atom. The van der Waals surface area contributed by atoms with Crippen molar-refractivity contribution in [1.82, 2.24) is 0 Å². The summed E-state index contributed by atoms with van der Waals surface area (Å²) in [6, 6.07) is 6.54. The van der Waals surface area contributed by atoms with Gasteiger partial charge in [0.1, 0.15) is 6.07 Å². The van der Waals surface area contributed by atoms with Crippen LogP contribution in [0, 0.1) is 38.0 Å². The first kappa shape index (κ1) is 11.3. The highest BCUT2D eigenvalue weighted by atomic mass is 16.7. The van der Waals surface area contributed by atoms with Crippen molar-refractivity contribution in [3.63, 3.8) is 0 Å². The van der Waals surface area contributed by atoms with Crippen LogP contribution in [-0.2, 0) is 15.1 Å². The second-order valence-corrected chi connectivity index (χ2v) is 5.10. The SMILES string of the molecule is Cc1cc(C)c([C@]2(C#N)O[C@H]3OC=C[C@H]32)c(C)c1. The molecule has 3 atom stereocenters. The van der Waals surface area contributed by atoms with Crippen LogP contribution < -0.4 is 0 Å². The Morgan fingerprint density at radius 3 is 2.44 bits per heavy atom. The summed E-state index contributed by atoms with van der Waals surface area (Å²) >= 11 is 0. The standard InChI is InChI=1S/C15H15NO2/c1-9-6-10(2)13(11(3)7-9)15(8-16)12-4-5-17-14(12)18-15/h4-7,12,14H,1-3H3/t12-,14-,15-/m1/s1. The van der Waals surface area contributed by atoms with Gasteiger partial charge in [0.15, 0.2) is 5.60 Å². The van der Waals surface area contributed by atoms with Gasteiger partial charge in [0.2, 0.25) is 6.29 Å². The van der Waals surface area contributed by atoms with Crippen LogP contribution in [0.2, 0.25) is 0 Å². The second-order valence-electron chi connectivity index (χ2n) is 5.10. The van der Waals surface area contributed by atoms with Gasteiger partial charge < -0.3 is 9.47 Å². The van der Waals surface area contributed by atoms with E-state index in [1.807, 2.05) is 19.9 Å². The lowest BCUT2D eigenvalue weighted by Crippen LogP contribution is -2.55. The van der Waals surface area contributed by atoms with Crippen LogP contribution in [0.5, 0.6) is 0 Å². The fraction of sp³-hybridized carbons (Fsp3) is 0.400. The van der Waals surface area contributed by atoms with Crippen molar-refractivity contribution < 1.29 is 9.47 Å². The lowest BCUT2D eigenvalue weighted by molar-refractivity contribution is -0.295. The van der Waals surface area contributed by atoms with E-state index < -0.39 is 5.60 Å². The summed E-state index contributed by atoms with van der Waals surface area (Å²) in [6.07, 6.45) is 3.27. The summed E-state index contributed by atoms with van der Waals surface area (Å²) < 4.78 is 11.0. The first-order valence-electron chi connectivity index (χ1n) is 6.08. The molecule has 2 aliphatic rings. The molecule has 2 aliphatic heterocycles. The predicted octanol–water partition coefficient (Wildman–Crippen LogP) is 2.85. The highest BCUT2D eigenvalue weighted by Gasteiger charge is 2.60. The van der Waals surface area contributed by atoms with Crippen LogP contribution in [0.25, 0.3) is 0 Å². The van der Waals surface area contributed by atoms with Crippen molar-refractivity contribution in [3.05, 3.63) is 46.7 Å². The van der Waals surface area contributed by atoms with Gasteiger partial charge in [-0.05, 0) is 38.0 Å². The third-order valence-electron chi connectivity index (χ3n) is 3.78. The Bertz CT molecular complexity index is 562. The number of rotatable bonds is 1. The molecule has 0 saturated carbocycles. The lowest BCUT2D eigenvalue weighted by atomic mass is 9.74. The van der Waals surface area contributed by atoms with Gasteiger partial charge in [-0.25, -0.2) is 0 Å². The largest absolute Gasteiger partial charge is 0.472 e. The van der Waals surface area contributed by atoms with E-state index in [1.165, 1.54) is 5.56 Å². The molecule has 1 aromatic carbocycles. The van der Waals surface area contributed by atoms with E-state index in [2.05, 4.69) is 25.1 Å². The minimum Gasteiger partial charge on any atom is -0.472 e. The van der Waals surface area contributed by atoms with Gasteiger partial charge in [-0.3, -0.25) is 0 Å². The minimum atomic E-state index is -0.875. The maximum Gasteiger partial charge on any atom is 0.211 e. The van der Waals surface area contributed by atoms with Crippen LogP contribution in [0.3, 0.4) is 0 Å². The Hall–Kier alpha value is -1.79. The molecule has 0 unspecified atom stereocenters. The molecule has 0 spiro atoms. The van der Waals surface area contributed by atoms with Crippen LogP contribution in [0.1, 0.15) is 22.3 Å². The van der Waals surface area contributed by atoms with Gasteiger partial charge in [0, 0.05) is 5.56 Å². The van der Waals surface area contributed by atoms with Crippen molar-refractivity contribution >= 4 is 0 Å². The fourth-order valence-electron chi connectivity index (χ4n) is 3.15. The molecule has 1 aromatic rings. The Morgan fingerprint density at radius 1 is 1.22 bits per heavy atom. The zero-order valence-corrected chi connectivity index (χ0v) is 10.7. The van der Waals surface area contributed by atoms with Crippen LogP contribution in [0.15, 0.2) is 24.5 Å². The Balaban J connectivity index is 2.15. The number of nitriles is 1. The van der Waals surface area contributed by atoms with Gasteiger partial charge >= 0.3 is 0 Å². The second kappa shape index (κ2) is 3.60. The quantitative estimate of drug-likeness (QED) is 0.759. The summed E-state index contributed by atoms with van der Waals surface area (Å²) in [7, 11) is 0. The van der Waals surface area contributed by atoms with Crippen molar-refractivity contribution in [2.45, 2.75) is 32.7 Å². The monoisotopic (exact) mass is 241 g/mol. The summed E-state index contributed by atoms with van der Waals surface area (Å²) in [5, 5.41) is 9.59. The third kappa shape index (κ3) is 1.27. The molecule has 3 nitrogen and oxygen atoms in total. The maximum atomic E-state index is 9.59. The van der Waals surface area contributed by atoms with Gasteiger partial charge in [-0.15, -0.1) is 0 Å². The van der Waals surface area contributed by atoms with Gasteiger partial charge in [0.25, 0.3) is 0 Å². The zero-order valence-electron chi connectivity index (χ0n) is 10.7. The maximum absolute atomic E-state index is 9.59.